The standard InChI is InChI=1S/C22H37NO4/c1-8-22(13-24,14-25)23-18(26)10-9-15-11-16(20(2,3)4)19(27)17(12-15)21(5,6)7/h11-12,24-25,27H,8-10,13-14H2,1-7H3,(H,23,26). The van der Waals surface area contributed by atoms with Crippen LogP contribution in [0, 0.1) is 0 Å². The van der Waals surface area contributed by atoms with Crippen LogP contribution >= 0.6 is 0 Å². The third-order valence-corrected chi connectivity index (χ3v) is 5.11. The fraction of sp³-hybridized carbons (Fsp3) is 0.682. The van der Waals surface area contributed by atoms with Gasteiger partial charge in [-0.15, -0.1) is 0 Å². The minimum absolute atomic E-state index is 0.206. The molecule has 1 rings (SSSR count). The average molecular weight is 380 g/mol. The summed E-state index contributed by atoms with van der Waals surface area (Å²) in [5, 5.41) is 32.5. The van der Waals surface area contributed by atoms with Gasteiger partial charge in [-0.2, -0.15) is 0 Å². The summed E-state index contributed by atoms with van der Waals surface area (Å²) < 4.78 is 0. The molecule has 1 aromatic carbocycles. The molecule has 1 aromatic rings. The summed E-state index contributed by atoms with van der Waals surface area (Å²) >= 11 is 0. The third-order valence-electron chi connectivity index (χ3n) is 5.11. The molecule has 0 spiro atoms. The van der Waals surface area contributed by atoms with Crippen molar-refractivity contribution in [1.29, 1.82) is 0 Å². The zero-order chi connectivity index (χ0) is 21.0. The van der Waals surface area contributed by atoms with E-state index in [1.807, 2.05) is 19.1 Å². The number of phenols is 1. The number of aryl methyl sites for hydroxylation is 1. The smallest absolute Gasteiger partial charge is 0.220 e. The first-order valence-corrected chi connectivity index (χ1v) is 9.69. The molecule has 154 valence electrons. The Morgan fingerprint density at radius 2 is 1.41 bits per heavy atom. The highest BCUT2D eigenvalue weighted by molar-refractivity contribution is 5.77. The second-order valence-electron chi connectivity index (χ2n) is 9.54. The Bertz CT molecular complexity index is 606. The molecular formula is C22H37NO4. The van der Waals surface area contributed by atoms with Crippen molar-refractivity contribution in [3.05, 3.63) is 28.8 Å². The molecule has 0 heterocycles. The van der Waals surface area contributed by atoms with Gasteiger partial charge in [0.15, 0.2) is 0 Å². The van der Waals surface area contributed by atoms with Gasteiger partial charge in [-0.1, -0.05) is 60.6 Å². The van der Waals surface area contributed by atoms with Gasteiger partial charge in [0, 0.05) is 6.42 Å². The van der Waals surface area contributed by atoms with Crippen LogP contribution in [-0.2, 0) is 22.0 Å². The Morgan fingerprint density at radius 3 is 1.74 bits per heavy atom. The maximum Gasteiger partial charge on any atom is 0.220 e. The molecule has 0 aliphatic carbocycles. The minimum Gasteiger partial charge on any atom is -0.507 e. The normalized spacial score (nSPS) is 12.9. The van der Waals surface area contributed by atoms with E-state index in [0.29, 0.717) is 18.6 Å². The molecule has 0 aliphatic rings. The molecule has 0 bridgehead atoms. The second-order valence-corrected chi connectivity index (χ2v) is 9.54. The molecule has 0 saturated carbocycles. The summed E-state index contributed by atoms with van der Waals surface area (Å²) in [5.74, 6) is 0.122. The number of aliphatic hydroxyl groups excluding tert-OH is 2. The van der Waals surface area contributed by atoms with Crippen LogP contribution in [0.5, 0.6) is 5.75 Å². The lowest BCUT2D eigenvalue weighted by molar-refractivity contribution is -0.124. The molecule has 0 aromatic heterocycles. The van der Waals surface area contributed by atoms with Crippen LogP contribution in [0.1, 0.15) is 78.0 Å². The highest BCUT2D eigenvalue weighted by Gasteiger charge is 2.29. The molecule has 0 radical (unpaired) electrons. The Morgan fingerprint density at radius 1 is 0.963 bits per heavy atom. The van der Waals surface area contributed by atoms with Crippen LogP contribution in [0.25, 0.3) is 0 Å². The maximum absolute atomic E-state index is 12.4. The Hall–Kier alpha value is -1.59. The van der Waals surface area contributed by atoms with Gasteiger partial charge in [-0.25, -0.2) is 0 Å². The molecular weight excluding hydrogens is 342 g/mol. The summed E-state index contributed by atoms with van der Waals surface area (Å²) in [6.07, 6.45) is 1.22. The van der Waals surface area contributed by atoms with Crippen molar-refractivity contribution < 1.29 is 20.1 Å². The Kier molecular flexibility index (Phi) is 7.48. The number of carbonyl (C=O) groups is 1. The average Bonchev–Trinajstić information content (AvgIpc) is 2.56. The fourth-order valence-electron chi connectivity index (χ4n) is 3.04. The van der Waals surface area contributed by atoms with E-state index in [1.54, 1.807) is 0 Å². The first kappa shape index (κ1) is 23.4. The molecule has 0 atom stereocenters. The van der Waals surface area contributed by atoms with Gasteiger partial charge in [0.1, 0.15) is 5.75 Å². The Balaban J connectivity index is 3.09. The molecule has 5 nitrogen and oxygen atoms in total. The zero-order valence-corrected chi connectivity index (χ0v) is 17.9. The number of aliphatic hydroxyl groups is 2. The summed E-state index contributed by atoms with van der Waals surface area (Å²) in [5.41, 5.74) is 1.34. The molecule has 0 fully saturated rings. The number of benzene rings is 1. The molecule has 0 aliphatic heterocycles. The van der Waals surface area contributed by atoms with Crippen LogP contribution in [0.15, 0.2) is 12.1 Å². The number of amides is 1. The molecule has 1 amide bonds. The lowest BCUT2D eigenvalue weighted by atomic mass is 9.78. The summed E-state index contributed by atoms with van der Waals surface area (Å²) in [7, 11) is 0. The van der Waals surface area contributed by atoms with Gasteiger partial charge >= 0.3 is 0 Å². The van der Waals surface area contributed by atoms with Crippen LogP contribution < -0.4 is 5.32 Å². The van der Waals surface area contributed by atoms with E-state index in [9.17, 15) is 20.1 Å². The van der Waals surface area contributed by atoms with Crippen molar-refractivity contribution in [2.45, 2.75) is 84.1 Å². The summed E-state index contributed by atoms with van der Waals surface area (Å²) in [6, 6.07) is 3.95. The van der Waals surface area contributed by atoms with Gasteiger partial charge in [-0.3, -0.25) is 4.79 Å². The van der Waals surface area contributed by atoms with E-state index in [0.717, 1.165) is 16.7 Å². The Labute approximate surface area is 163 Å². The largest absolute Gasteiger partial charge is 0.507 e. The van der Waals surface area contributed by atoms with Gasteiger partial charge in [0.2, 0.25) is 5.91 Å². The fourth-order valence-corrected chi connectivity index (χ4v) is 3.04. The van der Waals surface area contributed by atoms with E-state index < -0.39 is 5.54 Å². The minimum atomic E-state index is -0.973. The predicted octanol–water partition coefficient (Wildman–Crippen LogP) is 3.17. The molecule has 5 heteroatoms. The van der Waals surface area contributed by atoms with Crippen LogP contribution in [-0.4, -0.2) is 40.0 Å². The van der Waals surface area contributed by atoms with Gasteiger partial charge in [0.25, 0.3) is 0 Å². The quantitative estimate of drug-likeness (QED) is 0.586. The molecule has 0 saturated heterocycles. The number of carbonyl (C=O) groups excluding carboxylic acids is 1. The highest BCUT2D eigenvalue weighted by Crippen LogP contribution is 2.39. The number of hydrogen-bond donors (Lipinski definition) is 4. The van der Waals surface area contributed by atoms with E-state index in [1.165, 1.54) is 0 Å². The lowest BCUT2D eigenvalue weighted by Gasteiger charge is -2.30. The highest BCUT2D eigenvalue weighted by atomic mass is 16.3. The number of rotatable bonds is 7. The van der Waals surface area contributed by atoms with Crippen molar-refractivity contribution in [3.63, 3.8) is 0 Å². The van der Waals surface area contributed by atoms with E-state index >= 15 is 0 Å². The first-order valence-electron chi connectivity index (χ1n) is 9.69. The summed E-state index contributed by atoms with van der Waals surface area (Å²) in [4.78, 5) is 12.4. The first-order chi connectivity index (χ1) is 12.3. The van der Waals surface area contributed by atoms with Crippen molar-refractivity contribution in [2.75, 3.05) is 13.2 Å². The van der Waals surface area contributed by atoms with Crippen LogP contribution in [0.3, 0.4) is 0 Å². The number of nitrogens with one attached hydrogen (secondary N) is 1. The van der Waals surface area contributed by atoms with E-state index in [4.69, 9.17) is 0 Å². The third kappa shape index (κ3) is 5.94. The SMILES string of the molecule is CCC(CO)(CO)NC(=O)CCc1cc(C(C)(C)C)c(O)c(C(C)(C)C)c1. The topological polar surface area (TPSA) is 89.8 Å². The predicted molar refractivity (Wildman–Crippen MR) is 109 cm³/mol. The van der Waals surface area contributed by atoms with Gasteiger partial charge < -0.3 is 20.6 Å². The number of aromatic hydroxyl groups is 1. The van der Waals surface area contributed by atoms with E-state index in [2.05, 4.69) is 46.9 Å². The maximum atomic E-state index is 12.4. The number of phenolic OH excluding ortho intramolecular Hbond substituents is 1. The monoisotopic (exact) mass is 379 g/mol. The molecule has 0 unspecified atom stereocenters. The van der Waals surface area contributed by atoms with Gasteiger partial charge in [0.05, 0.1) is 18.8 Å². The van der Waals surface area contributed by atoms with Crippen molar-refractivity contribution in [3.8, 4) is 5.75 Å². The number of hydrogen-bond acceptors (Lipinski definition) is 4. The van der Waals surface area contributed by atoms with Crippen molar-refractivity contribution in [2.24, 2.45) is 0 Å². The second kappa shape index (κ2) is 8.61. The zero-order valence-electron chi connectivity index (χ0n) is 17.9. The van der Waals surface area contributed by atoms with Crippen LogP contribution in [0.4, 0.5) is 0 Å². The van der Waals surface area contributed by atoms with E-state index in [-0.39, 0.29) is 36.4 Å². The molecule has 27 heavy (non-hydrogen) atoms. The van der Waals surface area contributed by atoms with Crippen molar-refractivity contribution in [1.82, 2.24) is 5.32 Å². The molecule has 4 N–H and O–H groups in total. The summed E-state index contributed by atoms with van der Waals surface area (Å²) in [6.45, 7) is 13.6. The van der Waals surface area contributed by atoms with Gasteiger partial charge in [-0.05, 0) is 40.4 Å². The van der Waals surface area contributed by atoms with Crippen LogP contribution in [0.2, 0.25) is 0 Å². The van der Waals surface area contributed by atoms with Crippen molar-refractivity contribution >= 4 is 5.91 Å². The lowest BCUT2D eigenvalue weighted by Crippen LogP contribution is -2.53.